The van der Waals surface area contributed by atoms with Crippen molar-refractivity contribution in [1.29, 1.82) is 0 Å². The molecule has 1 aliphatic heterocycles. The van der Waals surface area contributed by atoms with Crippen LogP contribution >= 0.6 is 0 Å². The highest BCUT2D eigenvalue weighted by Gasteiger charge is 2.16. The monoisotopic (exact) mass is 446 g/mol. The van der Waals surface area contributed by atoms with Crippen molar-refractivity contribution in [2.45, 2.75) is 20.6 Å². The summed E-state index contributed by atoms with van der Waals surface area (Å²) in [7, 11) is 0. The highest BCUT2D eigenvalue weighted by molar-refractivity contribution is 5.94. The minimum atomic E-state index is -0.579. The predicted octanol–water partition coefficient (Wildman–Crippen LogP) is 3.46. The lowest BCUT2D eigenvalue weighted by Crippen LogP contribution is -2.35. The van der Waals surface area contributed by atoms with Gasteiger partial charge in [0.05, 0.1) is 23.0 Å². The molecule has 8 nitrogen and oxygen atoms in total. The molecule has 0 fully saturated rings. The summed E-state index contributed by atoms with van der Waals surface area (Å²) in [4.78, 5) is 40.7. The van der Waals surface area contributed by atoms with Crippen LogP contribution in [-0.2, 0) is 17.9 Å². The van der Waals surface area contributed by atoms with Crippen molar-refractivity contribution in [3.05, 3.63) is 104 Å². The van der Waals surface area contributed by atoms with Gasteiger partial charge < -0.3 is 19.2 Å². The minimum Gasteiger partial charge on any atom is -0.457 e. The van der Waals surface area contributed by atoms with Gasteiger partial charge in [-0.3, -0.25) is 9.36 Å². The van der Waals surface area contributed by atoms with Crippen LogP contribution in [-0.4, -0.2) is 22.3 Å². The molecule has 0 saturated heterocycles. The van der Waals surface area contributed by atoms with E-state index in [0.717, 1.165) is 15.7 Å². The van der Waals surface area contributed by atoms with Crippen molar-refractivity contribution in [3.8, 4) is 11.5 Å². The number of H-pyrrole nitrogens is 1. The first-order chi connectivity index (χ1) is 15.6. The fraction of sp³-hybridized carbons (Fsp3) is 0.160. The van der Waals surface area contributed by atoms with E-state index in [0.29, 0.717) is 17.0 Å². The molecule has 8 heteroatoms. The smallest absolute Gasteiger partial charge is 0.338 e. The molecule has 0 saturated carbocycles. The first-order valence-electron chi connectivity index (χ1n) is 9.95. The molecule has 0 unspecified atom stereocenters. The van der Waals surface area contributed by atoms with E-state index in [-0.39, 0.29) is 38.3 Å². The van der Waals surface area contributed by atoms with Gasteiger partial charge in [-0.2, -0.15) is 0 Å². The molecule has 33 heavy (non-hydrogen) atoms. The molecule has 5 rings (SSSR count). The number of carbonyl (C=O) groups excluding carboxylic acids is 1. The number of benzene rings is 3. The lowest BCUT2D eigenvalue weighted by Gasteiger charge is -2.09. The van der Waals surface area contributed by atoms with Crippen molar-refractivity contribution in [2.24, 2.45) is 0 Å². The summed E-state index contributed by atoms with van der Waals surface area (Å²) in [6.45, 7) is 0.334. The number of esters is 1. The average Bonchev–Trinajstić information content (AvgIpc) is 3.29. The topological polar surface area (TPSA) is 99.6 Å². The minimum absolute atomic E-state index is 0. The lowest BCUT2D eigenvalue weighted by atomic mass is 10.1. The fourth-order valence-corrected chi connectivity index (χ4v) is 3.55. The van der Waals surface area contributed by atoms with Crippen LogP contribution in [0.25, 0.3) is 10.9 Å². The van der Waals surface area contributed by atoms with Crippen molar-refractivity contribution in [1.82, 2.24) is 9.55 Å². The van der Waals surface area contributed by atoms with Crippen LogP contribution in [0.15, 0.2) is 76.3 Å². The SMILES string of the molecule is C.O=C(OCc1ccc2c(c1)OCO2)c1ccc2[nH]c(=O)n(Cc3ccccc3)c(=O)c2c1. The number of rotatable bonds is 5. The zero-order valence-corrected chi connectivity index (χ0v) is 16.9. The molecule has 4 aromatic rings. The summed E-state index contributed by atoms with van der Waals surface area (Å²) >= 11 is 0. The van der Waals surface area contributed by atoms with Gasteiger partial charge in [-0.15, -0.1) is 0 Å². The highest BCUT2D eigenvalue weighted by Crippen LogP contribution is 2.32. The summed E-state index contributed by atoms with van der Waals surface area (Å²) in [5, 5.41) is 0.234. The number of aromatic amines is 1. The molecule has 2 heterocycles. The van der Waals surface area contributed by atoms with E-state index < -0.39 is 17.2 Å². The Bertz CT molecular complexity index is 1440. The summed E-state index contributed by atoms with van der Waals surface area (Å²) in [6.07, 6.45) is 0. The first-order valence-corrected chi connectivity index (χ1v) is 9.95. The molecule has 0 atom stereocenters. The largest absolute Gasteiger partial charge is 0.457 e. The summed E-state index contributed by atoms with van der Waals surface area (Å²) < 4.78 is 17.1. The van der Waals surface area contributed by atoms with E-state index >= 15 is 0 Å². The molecule has 1 N–H and O–H groups in total. The van der Waals surface area contributed by atoms with Crippen LogP contribution in [0, 0.1) is 0 Å². The Kier molecular flexibility index (Phi) is 5.99. The Hall–Kier alpha value is -4.33. The third kappa shape index (κ3) is 4.36. The first kappa shape index (κ1) is 21.9. The van der Waals surface area contributed by atoms with E-state index in [9.17, 15) is 14.4 Å². The Morgan fingerprint density at radius 1 is 0.939 bits per heavy atom. The molecule has 0 radical (unpaired) electrons. The number of hydrogen-bond acceptors (Lipinski definition) is 6. The van der Waals surface area contributed by atoms with Crippen molar-refractivity contribution in [3.63, 3.8) is 0 Å². The summed E-state index contributed by atoms with van der Waals surface area (Å²) in [6, 6.07) is 19.0. The fourth-order valence-electron chi connectivity index (χ4n) is 3.55. The molecule has 0 aliphatic carbocycles. The second-order valence-corrected chi connectivity index (χ2v) is 7.33. The van der Waals surface area contributed by atoms with Gasteiger partial charge in [-0.25, -0.2) is 9.59 Å². The van der Waals surface area contributed by atoms with Crippen molar-refractivity contribution >= 4 is 16.9 Å². The Morgan fingerprint density at radius 3 is 2.55 bits per heavy atom. The van der Waals surface area contributed by atoms with E-state index in [2.05, 4.69) is 4.98 Å². The van der Waals surface area contributed by atoms with E-state index in [4.69, 9.17) is 14.2 Å². The lowest BCUT2D eigenvalue weighted by molar-refractivity contribution is 0.0472. The number of hydrogen-bond donors (Lipinski definition) is 1. The van der Waals surface area contributed by atoms with Gasteiger partial charge in [0.25, 0.3) is 5.56 Å². The molecule has 1 aliphatic rings. The molecule has 3 aromatic carbocycles. The Labute approximate surface area is 189 Å². The maximum absolute atomic E-state index is 13.0. The van der Waals surface area contributed by atoms with Crippen LogP contribution in [0.1, 0.15) is 28.9 Å². The normalized spacial score (nSPS) is 11.8. The molecule has 168 valence electrons. The zero-order chi connectivity index (χ0) is 22.1. The number of aromatic nitrogens is 2. The van der Waals surface area contributed by atoms with Crippen LogP contribution < -0.4 is 20.7 Å². The van der Waals surface area contributed by atoms with Crippen molar-refractivity contribution < 1.29 is 19.0 Å². The number of fused-ring (bicyclic) bond motifs is 2. The van der Waals surface area contributed by atoms with E-state index in [1.54, 1.807) is 18.2 Å². The van der Waals surface area contributed by atoms with Crippen LogP contribution in [0.4, 0.5) is 0 Å². The van der Waals surface area contributed by atoms with E-state index in [1.807, 2.05) is 30.3 Å². The third-order valence-corrected chi connectivity index (χ3v) is 5.21. The molecular weight excluding hydrogens is 424 g/mol. The predicted molar refractivity (Wildman–Crippen MR) is 123 cm³/mol. The number of ether oxygens (including phenoxy) is 3. The average molecular weight is 446 g/mol. The molecule has 0 amide bonds. The molecule has 0 bridgehead atoms. The standard InChI is InChI=1S/C24H18N2O6.CH4/c27-22-18-11-17(23(28)30-13-16-6-9-20-21(10-16)32-14-31-20)7-8-19(18)25-24(29)26(22)12-15-4-2-1-3-5-15;/h1-11H,12-14H2,(H,25,29);1H4. The van der Waals surface area contributed by atoms with Crippen molar-refractivity contribution in [2.75, 3.05) is 6.79 Å². The van der Waals surface area contributed by atoms with E-state index in [1.165, 1.54) is 18.2 Å². The van der Waals surface area contributed by atoms with Crippen LogP contribution in [0.2, 0.25) is 0 Å². The molecular formula is C25H22N2O6. The second-order valence-electron chi connectivity index (χ2n) is 7.33. The maximum Gasteiger partial charge on any atom is 0.338 e. The Balaban J connectivity index is 0.00000259. The highest BCUT2D eigenvalue weighted by atomic mass is 16.7. The van der Waals surface area contributed by atoms with Crippen LogP contribution in [0.5, 0.6) is 11.5 Å². The van der Waals surface area contributed by atoms with Gasteiger partial charge in [0.2, 0.25) is 6.79 Å². The maximum atomic E-state index is 13.0. The molecule has 1 aromatic heterocycles. The van der Waals surface area contributed by atoms with Crippen LogP contribution in [0.3, 0.4) is 0 Å². The van der Waals surface area contributed by atoms with Gasteiger partial charge in [0.1, 0.15) is 6.61 Å². The van der Waals surface area contributed by atoms with Gasteiger partial charge >= 0.3 is 11.7 Å². The van der Waals surface area contributed by atoms with Gasteiger partial charge in [-0.05, 0) is 41.5 Å². The quantitative estimate of drug-likeness (QED) is 0.472. The number of nitrogens with one attached hydrogen (secondary N) is 1. The zero-order valence-electron chi connectivity index (χ0n) is 16.9. The van der Waals surface area contributed by atoms with Gasteiger partial charge in [-0.1, -0.05) is 43.8 Å². The number of nitrogens with zero attached hydrogens (tertiary/aromatic N) is 1. The third-order valence-electron chi connectivity index (χ3n) is 5.21. The molecule has 0 spiro atoms. The van der Waals surface area contributed by atoms with Gasteiger partial charge in [0.15, 0.2) is 11.5 Å². The Morgan fingerprint density at radius 2 is 1.73 bits per heavy atom. The second kappa shape index (κ2) is 9.04. The van der Waals surface area contributed by atoms with Gasteiger partial charge in [0, 0.05) is 0 Å². The summed E-state index contributed by atoms with van der Waals surface area (Å²) in [5.41, 5.74) is 1.16. The number of carbonyl (C=O) groups is 1. The summed E-state index contributed by atoms with van der Waals surface area (Å²) in [5.74, 6) is 0.673.